The molecule has 0 aromatic carbocycles. The second-order valence-electron chi connectivity index (χ2n) is 5.45. The Morgan fingerprint density at radius 2 is 1.47 bits per heavy atom. The Bertz CT molecular complexity index is 180. The van der Waals surface area contributed by atoms with E-state index in [9.17, 15) is 5.11 Å². The summed E-state index contributed by atoms with van der Waals surface area (Å²) in [7, 11) is 0. The van der Waals surface area contributed by atoms with Crippen molar-refractivity contribution in [1.29, 1.82) is 0 Å². The molecule has 0 fully saturated rings. The van der Waals surface area contributed by atoms with Crippen LogP contribution in [0.25, 0.3) is 0 Å². The highest BCUT2D eigenvalue weighted by Gasteiger charge is 2.03. The van der Waals surface area contributed by atoms with Gasteiger partial charge in [-0.1, -0.05) is 77.2 Å². The van der Waals surface area contributed by atoms with Gasteiger partial charge in [-0.2, -0.15) is 0 Å². The molecule has 0 rings (SSSR count). The molecule has 19 heavy (non-hydrogen) atoms. The molecule has 1 atom stereocenters. The van der Waals surface area contributed by atoms with Crippen molar-refractivity contribution < 1.29 is 9.84 Å². The van der Waals surface area contributed by atoms with Crippen LogP contribution >= 0.6 is 0 Å². The Kier molecular flexibility index (Phi) is 15.4. The van der Waals surface area contributed by atoms with Gasteiger partial charge in [0.1, 0.15) is 0 Å². The fraction of sp³-hybridized carbons (Fsp3) is 0.882. The van der Waals surface area contributed by atoms with Crippen LogP contribution < -0.4 is 0 Å². The number of hydrogen-bond donors (Lipinski definition) is 1. The molecule has 0 aliphatic rings. The van der Waals surface area contributed by atoms with E-state index in [2.05, 4.69) is 13.5 Å². The van der Waals surface area contributed by atoms with E-state index in [-0.39, 0.29) is 6.10 Å². The van der Waals surface area contributed by atoms with E-state index >= 15 is 0 Å². The highest BCUT2D eigenvalue weighted by molar-refractivity contribution is 4.65. The lowest BCUT2D eigenvalue weighted by Crippen LogP contribution is -2.15. The second kappa shape index (κ2) is 15.7. The molecule has 0 aromatic heterocycles. The normalized spacial score (nSPS) is 12.5. The Morgan fingerprint density at radius 3 is 2.00 bits per heavy atom. The van der Waals surface area contributed by atoms with Gasteiger partial charge in [0.05, 0.1) is 19.3 Å². The van der Waals surface area contributed by atoms with Crippen molar-refractivity contribution in [3.05, 3.63) is 12.7 Å². The molecule has 1 N–H and O–H groups in total. The summed E-state index contributed by atoms with van der Waals surface area (Å²) in [5.41, 5.74) is 0. The van der Waals surface area contributed by atoms with Crippen LogP contribution in [0.3, 0.4) is 0 Å². The number of rotatable bonds is 15. The van der Waals surface area contributed by atoms with Crippen molar-refractivity contribution in [2.45, 2.75) is 83.7 Å². The third kappa shape index (κ3) is 15.6. The van der Waals surface area contributed by atoms with Crippen molar-refractivity contribution >= 4 is 0 Å². The van der Waals surface area contributed by atoms with Gasteiger partial charge in [0, 0.05) is 0 Å². The zero-order valence-corrected chi connectivity index (χ0v) is 12.9. The first-order valence-electron chi connectivity index (χ1n) is 8.18. The largest absolute Gasteiger partial charge is 0.391 e. The molecule has 0 saturated heterocycles. The van der Waals surface area contributed by atoms with Gasteiger partial charge in [-0.15, -0.1) is 6.58 Å². The maximum absolute atomic E-state index is 9.64. The number of hydrogen-bond acceptors (Lipinski definition) is 2. The van der Waals surface area contributed by atoms with Crippen LogP contribution in [0.2, 0.25) is 0 Å². The van der Waals surface area contributed by atoms with E-state index in [1.807, 2.05) is 0 Å². The van der Waals surface area contributed by atoms with E-state index in [0.29, 0.717) is 13.2 Å². The van der Waals surface area contributed by atoms with Crippen LogP contribution in [0.4, 0.5) is 0 Å². The Morgan fingerprint density at radius 1 is 0.947 bits per heavy atom. The van der Waals surface area contributed by atoms with Crippen LogP contribution in [-0.4, -0.2) is 24.4 Å². The predicted octanol–water partition coefficient (Wildman–Crippen LogP) is 4.86. The first-order chi connectivity index (χ1) is 9.31. The summed E-state index contributed by atoms with van der Waals surface area (Å²) in [5, 5.41) is 9.64. The minimum absolute atomic E-state index is 0.297. The number of unbranched alkanes of at least 4 members (excludes halogenated alkanes) is 9. The molecule has 114 valence electrons. The van der Waals surface area contributed by atoms with Gasteiger partial charge >= 0.3 is 0 Å². The van der Waals surface area contributed by atoms with E-state index in [4.69, 9.17) is 4.74 Å². The van der Waals surface area contributed by atoms with Gasteiger partial charge in [0.25, 0.3) is 0 Å². The summed E-state index contributed by atoms with van der Waals surface area (Å²) >= 11 is 0. The highest BCUT2D eigenvalue weighted by Crippen LogP contribution is 2.12. The van der Waals surface area contributed by atoms with Crippen LogP contribution in [-0.2, 0) is 4.74 Å². The maximum atomic E-state index is 9.64. The van der Waals surface area contributed by atoms with Crippen LogP contribution in [0.5, 0.6) is 0 Å². The van der Waals surface area contributed by atoms with E-state index < -0.39 is 0 Å². The average Bonchev–Trinajstić information content (AvgIpc) is 2.41. The van der Waals surface area contributed by atoms with Gasteiger partial charge in [0.15, 0.2) is 0 Å². The van der Waals surface area contributed by atoms with Crippen LogP contribution in [0, 0.1) is 0 Å². The standard InChI is InChI=1S/C17H34O2/c1-3-5-6-7-8-9-10-11-12-13-14-17(18)16-19-15-4-2/h4,17-18H,2-3,5-16H2,1H3. The SMILES string of the molecule is C=CCOCC(O)CCCCCCCCCCCC. The molecular weight excluding hydrogens is 236 g/mol. The summed E-state index contributed by atoms with van der Waals surface area (Å²) < 4.78 is 5.22. The fourth-order valence-corrected chi connectivity index (χ4v) is 2.24. The Labute approximate surface area is 120 Å². The highest BCUT2D eigenvalue weighted by atomic mass is 16.5. The van der Waals surface area contributed by atoms with E-state index in [0.717, 1.165) is 12.8 Å². The predicted molar refractivity (Wildman–Crippen MR) is 83.5 cm³/mol. The van der Waals surface area contributed by atoms with Gasteiger partial charge in [-0.3, -0.25) is 0 Å². The van der Waals surface area contributed by atoms with Crippen molar-refractivity contribution in [1.82, 2.24) is 0 Å². The van der Waals surface area contributed by atoms with E-state index in [1.165, 1.54) is 57.8 Å². The van der Waals surface area contributed by atoms with Crippen LogP contribution in [0.1, 0.15) is 77.6 Å². The molecule has 0 spiro atoms. The van der Waals surface area contributed by atoms with Crippen molar-refractivity contribution in [3.63, 3.8) is 0 Å². The number of aliphatic hydroxyl groups is 1. The fourth-order valence-electron chi connectivity index (χ4n) is 2.24. The zero-order chi connectivity index (χ0) is 14.2. The first-order valence-corrected chi connectivity index (χ1v) is 8.18. The first kappa shape index (κ1) is 18.7. The summed E-state index contributed by atoms with van der Waals surface area (Å²) in [6, 6.07) is 0. The van der Waals surface area contributed by atoms with Gasteiger partial charge in [-0.25, -0.2) is 0 Å². The van der Waals surface area contributed by atoms with Crippen molar-refractivity contribution in [2.24, 2.45) is 0 Å². The molecule has 0 aliphatic carbocycles. The topological polar surface area (TPSA) is 29.5 Å². The molecule has 0 saturated carbocycles. The molecule has 0 radical (unpaired) electrons. The lowest BCUT2D eigenvalue weighted by Gasteiger charge is -2.10. The molecule has 0 bridgehead atoms. The quantitative estimate of drug-likeness (QED) is 0.340. The smallest absolute Gasteiger partial charge is 0.0773 e. The zero-order valence-electron chi connectivity index (χ0n) is 12.9. The monoisotopic (exact) mass is 270 g/mol. The van der Waals surface area contributed by atoms with Crippen molar-refractivity contribution in [2.75, 3.05) is 13.2 Å². The Hall–Kier alpha value is -0.340. The summed E-state index contributed by atoms with van der Waals surface area (Å²) in [4.78, 5) is 0. The van der Waals surface area contributed by atoms with Gasteiger partial charge in [-0.05, 0) is 6.42 Å². The molecule has 0 aliphatic heterocycles. The number of aliphatic hydroxyl groups excluding tert-OH is 1. The minimum Gasteiger partial charge on any atom is -0.391 e. The molecule has 0 amide bonds. The summed E-state index contributed by atoms with van der Waals surface area (Å²) in [6.45, 7) is 6.82. The van der Waals surface area contributed by atoms with Gasteiger partial charge in [0.2, 0.25) is 0 Å². The molecular formula is C17H34O2. The maximum Gasteiger partial charge on any atom is 0.0773 e. The molecule has 1 unspecified atom stereocenters. The van der Waals surface area contributed by atoms with E-state index in [1.54, 1.807) is 6.08 Å². The third-order valence-corrected chi connectivity index (χ3v) is 3.44. The molecule has 2 heteroatoms. The van der Waals surface area contributed by atoms with Gasteiger partial charge < -0.3 is 9.84 Å². The molecule has 0 heterocycles. The lowest BCUT2D eigenvalue weighted by atomic mass is 10.0. The summed E-state index contributed by atoms with van der Waals surface area (Å²) in [5.74, 6) is 0. The average molecular weight is 270 g/mol. The third-order valence-electron chi connectivity index (χ3n) is 3.44. The second-order valence-corrected chi connectivity index (χ2v) is 5.45. The number of ether oxygens (including phenoxy) is 1. The Balaban J connectivity index is 3.07. The molecule has 0 aromatic rings. The lowest BCUT2D eigenvalue weighted by molar-refractivity contribution is 0.0431. The van der Waals surface area contributed by atoms with Crippen LogP contribution in [0.15, 0.2) is 12.7 Å². The summed E-state index contributed by atoms with van der Waals surface area (Å²) in [6.07, 6.45) is 15.7. The minimum atomic E-state index is -0.297. The molecule has 2 nitrogen and oxygen atoms in total. The van der Waals surface area contributed by atoms with Crippen molar-refractivity contribution in [3.8, 4) is 0 Å².